The van der Waals surface area contributed by atoms with Crippen LogP contribution in [0.25, 0.3) is 10.7 Å². The van der Waals surface area contributed by atoms with E-state index in [9.17, 15) is 0 Å². The Kier molecular flexibility index (Phi) is 4.55. The molecular weight excluding hydrogens is 242 g/mol. The highest BCUT2D eigenvalue weighted by Gasteiger charge is 2.14. The van der Waals surface area contributed by atoms with Crippen molar-refractivity contribution in [3.63, 3.8) is 0 Å². The van der Waals surface area contributed by atoms with Crippen LogP contribution in [-0.4, -0.2) is 22.1 Å². The van der Waals surface area contributed by atoms with Crippen molar-refractivity contribution in [3.8, 4) is 10.7 Å². The molecule has 2 unspecified atom stereocenters. The number of nitrogens with zero attached hydrogens (tertiary/aromatic N) is 2. The molecule has 2 rings (SSSR count). The van der Waals surface area contributed by atoms with Crippen LogP contribution in [0, 0.1) is 0 Å². The van der Waals surface area contributed by atoms with Gasteiger partial charge in [0.25, 0.3) is 0 Å². The Labute approximate surface area is 113 Å². The zero-order valence-electron chi connectivity index (χ0n) is 11.3. The predicted octanol–water partition coefficient (Wildman–Crippen LogP) is 3.56. The topological polar surface area (TPSA) is 29.9 Å². The third kappa shape index (κ3) is 3.00. The van der Waals surface area contributed by atoms with Crippen LogP contribution < -0.4 is 5.32 Å². The summed E-state index contributed by atoms with van der Waals surface area (Å²) in [6.45, 7) is 7.67. The number of imidazole rings is 1. The molecule has 0 radical (unpaired) electrons. The number of rotatable bonds is 6. The van der Waals surface area contributed by atoms with E-state index in [0.29, 0.717) is 12.1 Å². The summed E-state index contributed by atoms with van der Waals surface area (Å²) in [7, 11) is 0. The number of nitrogens with one attached hydrogen (secondary N) is 1. The van der Waals surface area contributed by atoms with Gasteiger partial charge in [-0.3, -0.25) is 0 Å². The SMILES string of the molecule is CCNC(C)CC(C)n1ccnc1-c1cccs1. The van der Waals surface area contributed by atoms with Crippen molar-refractivity contribution in [3.05, 3.63) is 29.9 Å². The fraction of sp³-hybridized carbons (Fsp3) is 0.500. The minimum Gasteiger partial charge on any atom is -0.327 e. The Morgan fingerprint density at radius 1 is 1.44 bits per heavy atom. The molecule has 1 N–H and O–H groups in total. The lowest BCUT2D eigenvalue weighted by molar-refractivity contribution is 0.421. The molecule has 2 atom stereocenters. The molecule has 0 aliphatic carbocycles. The fourth-order valence-corrected chi connectivity index (χ4v) is 3.05. The molecule has 98 valence electrons. The zero-order valence-corrected chi connectivity index (χ0v) is 12.1. The highest BCUT2D eigenvalue weighted by molar-refractivity contribution is 7.13. The lowest BCUT2D eigenvalue weighted by Crippen LogP contribution is -2.28. The van der Waals surface area contributed by atoms with Crippen LogP contribution in [0.2, 0.25) is 0 Å². The maximum Gasteiger partial charge on any atom is 0.150 e. The molecule has 0 bridgehead atoms. The molecule has 0 spiro atoms. The molecule has 0 saturated heterocycles. The minimum absolute atomic E-state index is 0.457. The lowest BCUT2D eigenvalue weighted by atomic mass is 10.1. The van der Waals surface area contributed by atoms with E-state index in [1.165, 1.54) is 4.88 Å². The number of hydrogen-bond donors (Lipinski definition) is 1. The van der Waals surface area contributed by atoms with Gasteiger partial charge < -0.3 is 9.88 Å². The first-order valence-electron chi connectivity index (χ1n) is 6.52. The van der Waals surface area contributed by atoms with E-state index in [4.69, 9.17) is 0 Å². The highest BCUT2D eigenvalue weighted by Crippen LogP contribution is 2.26. The average molecular weight is 263 g/mol. The molecule has 2 heterocycles. The standard InChI is InChI=1S/C14H21N3S/c1-4-15-11(2)10-12(3)17-8-7-16-14(17)13-6-5-9-18-13/h5-9,11-12,15H,4,10H2,1-3H3. The van der Waals surface area contributed by atoms with Gasteiger partial charge in [-0.25, -0.2) is 4.98 Å². The summed E-state index contributed by atoms with van der Waals surface area (Å²) < 4.78 is 2.28. The van der Waals surface area contributed by atoms with E-state index in [-0.39, 0.29) is 0 Å². The monoisotopic (exact) mass is 263 g/mol. The molecule has 4 heteroatoms. The largest absolute Gasteiger partial charge is 0.327 e. The molecule has 0 saturated carbocycles. The normalized spacial score (nSPS) is 14.6. The van der Waals surface area contributed by atoms with Gasteiger partial charge in [-0.1, -0.05) is 13.0 Å². The first-order valence-corrected chi connectivity index (χ1v) is 7.40. The van der Waals surface area contributed by atoms with Gasteiger partial charge in [0.15, 0.2) is 0 Å². The first-order chi connectivity index (χ1) is 8.72. The molecular formula is C14H21N3S. The second kappa shape index (κ2) is 6.16. The van der Waals surface area contributed by atoms with Crippen LogP contribution in [-0.2, 0) is 0 Å². The molecule has 3 nitrogen and oxygen atoms in total. The van der Waals surface area contributed by atoms with Crippen molar-refractivity contribution >= 4 is 11.3 Å². The number of aromatic nitrogens is 2. The molecule has 18 heavy (non-hydrogen) atoms. The second-order valence-corrected chi connectivity index (χ2v) is 5.63. The van der Waals surface area contributed by atoms with Crippen LogP contribution in [0.4, 0.5) is 0 Å². The van der Waals surface area contributed by atoms with Crippen LogP contribution in [0.5, 0.6) is 0 Å². The third-order valence-corrected chi connectivity index (χ3v) is 4.00. The van der Waals surface area contributed by atoms with Crippen LogP contribution in [0.15, 0.2) is 29.9 Å². The van der Waals surface area contributed by atoms with Crippen molar-refractivity contribution in [1.82, 2.24) is 14.9 Å². The van der Waals surface area contributed by atoms with Crippen molar-refractivity contribution in [2.45, 2.75) is 39.3 Å². The quantitative estimate of drug-likeness (QED) is 0.863. The Balaban J connectivity index is 2.11. The molecule has 2 aromatic heterocycles. The van der Waals surface area contributed by atoms with Crippen LogP contribution in [0.3, 0.4) is 0 Å². The summed E-state index contributed by atoms with van der Waals surface area (Å²) in [6.07, 6.45) is 5.09. The molecule has 0 aromatic carbocycles. The van der Waals surface area contributed by atoms with Crippen molar-refractivity contribution in [2.75, 3.05) is 6.54 Å². The van der Waals surface area contributed by atoms with Gasteiger partial charge in [0, 0.05) is 24.5 Å². The van der Waals surface area contributed by atoms with Gasteiger partial charge in [-0.2, -0.15) is 0 Å². The second-order valence-electron chi connectivity index (χ2n) is 4.68. The van der Waals surface area contributed by atoms with Crippen molar-refractivity contribution in [2.24, 2.45) is 0 Å². The highest BCUT2D eigenvalue weighted by atomic mass is 32.1. The van der Waals surface area contributed by atoms with E-state index < -0.39 is 0 Å². The van der Waals surface area contributed by atoms with Gasteiger partial charge in [0.1, 0.15) is 5.82 Å². The summed E-state index contributed by atoms with van der Waals surface area (Å²) in [5.74, 6) is 1.08. The molecule has 0 amide bonds. The predicted molar refractivity (Wildman–Crippen MR) is 78.0 cm³/mol. The Morgan fingerprint density at radius 3 is 2.94 bits per heavy atom. The van der Waals surface area contributed by atoms with E-state index in [1.807, 2.05) is 6.20 Å². The molecule has 0 aliphatic heterocycles. The third-order valence-electron chi connectivity index (χ3n) is 3.13. The van der Waals surface area contributed by atoms with Gasteiger partial charge in [0.05, 0.1) is 4.88 Å². The van der Waals surface area contributed by atoms with E-state index in [1.54, 1.807) is 11.3 Å². The number of hydrogen-bond acceptors (Lipinski definition) is 3. The fourth-order valence-electron chi connectivity index (χ4n) is 2.32. The molecule has 0 aliphatic rings. The van der Waals surface area contributed by atoms with Crippen molar-refractivity contribution < 1.29 is 0 Å². The van der Waals surface area contributed by atoms with Gasteiger partial charge in [0.2, 0.25) is 0 Å². The maximum absolute atomic E-state index is 4.49. The van der Waals surface area contributed by atoms with E-state index in [2.05, 4.69) is 59.3 Å². The summed E-state index contributed by atoms with van der Waals surface area (Å²) in [5.41, 5.74) is 0. The molecule has 0 fully saturated rings. The smallest absolute Gasteiger partial charge is 0.150 e. The zero-order chi connectivity index (χ0) is 13.0. The summed E-state index contributed by atoms with van der Waals surface area (Å²) in [4.78, 5) is 5.72. The summed E-state index contributed by atoms with van der Waals surface area (Å²) >= 11 is 1.74. The first kappa shape index (κ1) is 13.3. The minimum atomic E-state index is 0.457. The Morgan fingerprint density at radius 2 is 2.28 bits per heavy atom. The van der Waals surface area contributed by atoms with E-state index >= 15 is 0 Å². The summed E-state index contributed by atoms with van der Waals surface area (Å²) in [5, 5.41) is 5.56. The summed E-state index contributed by atoms with van der Waals surface area (Å²) in [6, 6.07) is 5.19. The average Bonchev–Trinajstić information content (AvgIpc) is 3.00. The van der Waals surface area contributed by atoms with Crippen LogP contribution >= 0.6 is 11.3 Å². The van der Waals surface area contributed by atoms with Gasteiger partial charge in [-0.05, 0) is 38.3 Å². The maximum atomic E-state index is 4.49. The Hall–Kier alpha value is -1.13. The van der Waals surface area contributed by atoms with Crippen LogP contribution in [0.1, 0.15) is 33.2 Å². The lowest BCUT2D eigenvalue weighted by Gasteiger charge is -2.20. The number of thiophene rings is 1. The van der Waals surface area contributed by atoms with Crippen molar-refractivity contribution in [1.29, 1.82) is 0 Å². The van der Waals surface area contributed by atoms with Gasteiger partial charge >= 0.3 is 0 Å². The Bertz CT molecular complexity index is 461. The molecule has 2 aromatic rings. The van der Waals surface area contributed by atoms with E-state index in [0.717, 1.165) is 18.8 Å². The van der Waals surface area contributed by atoms with Gasteiger partial charge in [-0.15, -0.1) is 11.3 Å².